The Hall–Kier alpha value is -4.60. The standard InChI is InChI=1S/C31H37ClF2N6O7/c1-18(42)40(37-14-20-6-5-7-25(34)28(20)32)24(12-27(43)36-15-23(16-41)38-30(45)47-31(2,3)4)17-46-29(44)39-26-11-21-10-22(33)9-8-19(21)13-35-26/h5-11,13,23-24,37,41H,12,14-17H2,1-4H3,(H,36,43)(H,38,45)(H,35,39,44)/t23-,24?/m1/s1. The number of amides is 4. The number of pyridine rings is 1. The topological polar surface area (TPSA) is 171 Å². The second-order valence-electron chi connectivity index (χ2n) is 11.4. The molecule has 0 spiro atoms. The molecule has 1 heterocycles. The van der Waals surface area contributed by atoms with E-state index in [1.165, 1.54) is 55.6 Å². The van der Waals surface area contributed by atoms with Crippen LogP contribution in [0, 0.1) is 11.6 Å². The first kappa shape index (κ1) is 36.9. The molecule has 1 unspecified atom stereocenters. The number of hydrogen-bond donors (Lipinski definition) is 5. The number of nitrogens with zero attached hydrogens (tertiary/aromatic N) is 2. The summed E-state index contributed by atoms with van der Waals surface area (Å²) in [5.74, 6) is -2.27. The van der Waals surface area contributed by atoms with Gasteiger partial charge in [-0.25, -0.2) is 28.8 Å². The van der Waals surface area contributed by atoms with Gasteiger partial charge in [-0.15, -0.1) is 0 Å². The number of nitrogens with one attached hydrogen (secondary N) is 4. The van der Waals surface area contributed by atoms with Gasteiger partial charge in [0.05, 0.1) is 30.1 Å². The Morgan fingerprint density at radius 2 is 1.81 bits per heavy atom. The number of aromatic nitrogens is 1. The maximum absolute atomic E-state index is 14.0. The number of ether oxygens (including phenoxy) is 2. The smallest absolute Gasteiger partial charge is 0.412 e. The first-order chi connectivity index (χ1) is 22.1. The zero-order chi connectivity index (χ0) is 34.7. The first-order valence-electron chi connectivity index (χ1n) is 14.5. The predicted molar refractivity (Wildman–Crippen MR) is 169 cm³/mol. The number of aliphatic hydroxyl groups excluding tert-OH is 1. The molecule has 47 heavy (non-hydrogen) atoms. The van der Waals surface area contributed by atoms with Crippen molar-refractivity contribution in [2.75, 3.05) is 25.1 Å². The predicted octanol–water partition coefficient (Wildman–Crippen LogP) is 4.03. The van der Waals surface area contributed by atoms with Gasteiger partial charge in [-0.2, -0.15) is 0 Å². The Labute approximate surface area is 274 Å². The fourth-order valence-electron chi connectivity index (χ4n) is 4.23. The molecule has 13 nitrogen and oxygen atoms in total. The molecule has 0 bridgehead atoms. The van der Waals surface area contributed by atoms with Crippen LogP contribution in [-0.4, -0.2) is 76.5 Å². The molecule has 0 radical (unpaired) electrons. The van der Waals surface area contributed by atoms with E-state index in [1.54, 1.807) is 20.8 Å². The highest BCUT2D eigenvalue weighted by Crippen LogP contribution is 2.20. The maximum Gasteiger partial charge on any atom is 0.412 e. The molecule has 0 saturated heterocycles. The van der Waals surface area contributed by atoms with E-state index in [-0.39, 0.29) is 23.9 Å². The molecular weight excluding hydrogens is 642 g/mol. The lowest BCUT2D eigenvalue weighted by atomic mass is 10.1. The van der Waals surface area contributed by atoms with Crippen LogP contribution in [0.3, 0.4) is 0 Å². The Morgan fingerprint density at radius 1 is 1.06 bits per heavy atom. The third-order valence-corrected chi connectivity index (χ3v) is 6.83. The Balaban J connectivity index is 1.71. The van der Waals surface area contributed by atoms with Crippen LogP contribution < -0.4 is 21.4 Å². The summed E-state index contributed by atoms with van der Waals surface area (Å²) in [4.78, 5) is 54.6. The van der Waals surface area contributed by atoms with Crippen molar-refractivity contribution in [3.63, 3.8) is 0 Å². The van der Waals surface area contributed by atoms with Crippen molar-refractivity contribution in [3.8, 4) is 0 Å². The lowest BCUT2D eigenvalue weighted by molar-refractivity contribution is -0.138. The van der Waals surface area contributed by atoms with Crippen LogP contribution in [-0.2, 0) is 25.6 Å². The van der Waals surface area contributed by atoms with Gasteiger partial charge in [0.15, 0.2) is 0 Å². The van der Waals surface area contributed by atoms with E-state index in [1.807, 2.05) is 0 Å². The van der Waals surface area contributed by atoms with Gasteiger partial charge >= 0.3 is 12.2 Å². The average molecular weight is 679 g/mol. The highest BCUT2D eigenvalue weighted by atomic mass is 35.5. The summed E-state index contributed by atoms with van der Waals surface area (Å²) < 4.78 is 38.2. The highest BCUT2D eigenvalue weighted by molar-refractivity contribution is 6.31. The first-order valence-corrected chi connectivity index (χ1v) is 14.8. The number of benzene rings is 2. The van der Waals surface area contributed by atoms with Gasteiger partial charge in [-0.1, -0.05) is 23.7 Å². The normalized spacial score (nSPS) is 12.5. The molecule has 16 heteroatoms. The second kappa shape index (κ2) is 16.8. The molecule has 2 aromatic carbocycles. The lowest BCUT2D eigenvalue weighted by Crippen LogP contribution is -2.53. The van der Waals surface area contributed by atoms with Crippen LogP contribution in [0.5, 0.6) is 0 Å². The molecule has 0 aliphatic carbocycles. The molecule has 3 aromatic rings. The van der Waals surface area contributed by atoms with E-state index in [4.69, 9.17) is 21.1 Å². The van der Waals surface area contributed by atoms with Crippen LogP contribution in [0.1, 0.15) is 39.7 Å². The molecular formula is C31H37ClF2N6O7. The number of carbonyl (C=O) groups is 4. The third-order valence-electron chi connectivity index (χ3n) is 6.40. The largest absolute Gasteiger partial charge is 0.447 e. The summed E-state index contributed by atoms with van der Waals surface area (Å²) in [5, 5.41) is 19.1. The quantitative estimate of drug-likeness (QED) is 0.168. The van der Waals surface area contributed by atoms with Crippen molar-refractivity contribution in [1.29, 1.82) is 0 Å². The summed E-state index contributed by atoms with van der Waals surface area (Å²) in [5.41, 5.74) is 2.34. The summed E-state index contributed by atoms with van der Waals surface area (Å²) in [6.45, 7) is 4.88. The SMILES string of the molecule is CC(=O)N(NCc1cccc(F)c1Cl)C(COC(=O)Nc1cc2cc(F)ccc2cn1)CC(=O)NC[C@H](CO)NC(=O)OC(C)(C)C. The Morgan fingerprint density at radius 3 is 2.49 bits per heavy atom. The highest BCUT2D eigenvalue weighted by Gasteiger charge is 2.27. The van der Waals surface area contributed by atoms with Gasteiger partial charge in [0.25, 0.3) is 0 Å². The number of alkyl carbamates (subject to hydrolysis) is 1. The van der Waals surface area contributed by atoms with E-state index < -0.39 is 73.0 Å². The summed E-state index contributed by atoms with van der Waals surface area (Å²) >= 11 is 6.05. The van der Waals surface area contributed by atoms with E-state index in [0.717, 1.165) is 5.01 Å². The Kier molecular flexibility index (Phi) is 13.2. The minimum Gasteiger partial charge on any atom is -0.447 e. The number of rotatable bonds is 13. The molecule has 254 valence electrons. The fraction of sp³-hybridized carbons (Fsp3) is 0.387. The fourth-order valence-corrected chi connectivity index (χ4v) is 4.42. The van der Waals surface area contributed by atoms with Crippen LogP contribution in [0.2, 0.25) is 5.02 Å². The van der Waals surface area contributed by atoms with Crippen LogP contribution in [0.4, 0.5) is 24.2 Å². The average Bonchev–Trinajstić information content (AvgIpc) is 2.98. The zero-order valence-electron chi connectivity index (χ0n) is 26.2. The minimum atomic E-state index is -1.10. The monoisotopic (exact) mass is 678 g/mol. The summed E-state index contributed by atoms with van der Waals surface area (Å²) in [7, 11) is 0. The van der Waals surface area contributed by atoms with Crippen molar-refractivity contribution in [3.05, 3.63) is 70.9 Å². The van der Waals surface area contributed by atoms with E-state index in [2.05, 4.69) is 26.4 Å². The van der Waals surface area contributed by atoms with Gasteiger partial charge in [-0.3, -0.25) is 19.9 Å². The number of carbonyl (C=O) groups excluding carboxylic acids is 4. The van der Waals surface area contributed by atoms with Gasteiger partial charge in [-0.05, 0) is 62.1 Å². The molecule has 0 fully saturated rings. The molecule has 3 rings (SSSR count). The van der Waals surface area contributed by atoms with Crippen molar-refractivity contribution in [2.45, 2.75) is 58.3 Å². The van der Waals surface area contributed by atoms with Gasteiger partial charge < -0.3 is 25.2 Å². The number of hydrogen-bond acceptors (Lipinski definition) is 9. The molecule has 2 atom stereocenters. The van der Waals surface area contributed by atoms with Gasteiger partial charge in [0, 0.05) is 31.6 Å². The molecule has 4 amide bonds. The number of aliphatic hydroxyl groups is 1. The van der Waals surface area contributed by atoms with Crippen LogP contribution >= 0.6 is 11.6 Å². The van der Waals surface area contributed by atoms with Gasteiger partial charge in [0.2, 0.25) is 11.8 Å². The number of halogens is 3. The van der Waals surface area contributed by atoms with Crippen LogP contribution in [0.15, 0.2) is 48.7 Å². The van der Waals surface area contributed by atoms with Crippen molar-refractivity contribution >= 4 is 52.2 Å². The van der Waals surface area contributed by atoms with Crippen LogP contribution in [0.25, 0.3) is 10.8 Å². The molecule has 5 N–H and O–H groups in total. The summed E-state index contributed by atoms with van der Waals surface area (Å²) in [6.07, 6.45) is -0.739. The Bertz CT molecular complexity index is 1590. The second-order valence-corrected chi connectivity index (χ2v) is 11.8. The van der Waals surface area contributed by atoms with E-state index in [9.17, 15) is 33.1 Å². The molecule has 0 aliphatic rings. The third kappa shape index (κ3) is 11.9. The van der Waals surface area contributed by atoms with E-state index in [0.29, 0.717) is 16.3 Å². The molecule has 0 saturated carbocycles. The number of hydrazine groups is 1. The summed E-state index contributed by atoms with van der Waals surface area (Å²) in [6, 6.07) is 7.68. The van der Waals surface area contributed by atoms with Gasteiger partial charge in [0.1, 0.15) is 29.7 Å². The number of anilines is 1. The molecule has 0 aliphatic heterocycles. The van der Waals surface area contributed by atoms with Crippen molar-refractivity contribution in [1.82, 2.24) is 26.1 Å². The molecule has 1 aromatic heterocycles. The maximum atomic E-state index is 14.0. The minimum absolute atomic E-state index is 0.0669. The number of fused-ring (bicyclic) bond motifs is 1. The zero-order valence-corrected chi connectivity index (χ0v) is 27.0. The lowest BCUT2D eigenvalue weighted by Gasteiger charge is -2.31. The van der Waals surface area contributed by atoms with E-state index >= 15 is 0 Å². The van der Waals surface area contributed by atoms with Crippen molar-refractivity contribution < 1.29 is 42.5 Å². The van der Waals surface area contributed by atoms with Crippen molar-refractivity contribution in [2.24, 2.45) is 0 Å².